The standard InChI is InChI=1S/C17H18F4N4O.HI/c1-22-16(24-9-12-4-2-6-14(18)8-12)25-10-13-5-3-7-23-15(13)26-11-17(19,20)21;/h2-8H,9-11H2,1H3,(H2,22,24,25);1H. The number of pyridine rings is 1. The van der Waals surface area contributed by atoms with E-state index in [2.05, 4.69) is 20.6 Å². The van der Waals surface area contributed by atoms with Crippen LogP contribution in [0.15, 0.2) is 47.6 Å². The first kappa shape index (κ1) is 22.9. The zero-order chi connectivity index (χ0) is 19.0. The van der Waals surface area contributed by atoms with Crippen molar-refractivity contribution in [2.75, 3.05) is 13.7 Å². The molecule has 0 amide bonds. The van der Waals surface area contributed by atoms with Crippen molar-refractivity contribution in [3.8, 4) is 5.88 Å². The van der Waals surface area contributed by atoms with Crippen LogP contribution in [0.1, 0.15) is 11.1 Å². The van der Waals surface area contributed by atoms with Gasteiger partial charge in [-0.25, -0.2) is 9.37 Å². The van der Waals surface area contributed by atoms with Crippen LogP contribution >= 0.6 is 24.0 Å². The summed E-state index contributed by atoms with van der Waals surface area (Å²) in [7, 11) is 1.55. The van der Waals surface area contributed by atoms with E-state index < -0.39 is 12.8 Å². The van der Waals surface area contributed by atoms with Crippen molar-refractivity contribution in [3.63, 3.8) is 0 Å². The molecular weight excluding hydrogens is 479 g/mol. The van der Waals surface area contributed by atoms with Crippen molar-refractivity contribution < 1.29 is 22.3 Å². The minimum atomic E-state index is -4.44. The van der Waals surface area contributed by atoms with E-state index in [1.54, 1.807) is 31.3 Å². The number of aromatic nitrogens is 1. The highest BCUT2D eigenvalue weighted by molar-refractivity contribution is 14.0. The van der Waals surface area contributed by atoms with Gasteiger partial charge < -0.3 is 15.4 Å². The normalized spacial score (nSPS) is 11.5. The number of nitrogens with zero attached hydrogens (tertiary/aromatic N) is 2. The molecule has 1 aromatic carbocycles. The van der Waals surface area contributed by atoms with Gasteiger partial charge in [0.05, 0.1) is 0 Å². The van der Waals surface area contributed by atoms with Crippen molar-refractivity contribution in [1.82, 2.24) is 15.6 Å². The molecule has 0 radical (unpaired) electrons. The second-order valence-corrected chi connectivity index (χ2v) is 5.28. The van der Waals surface area contributed by atoms with Crippen molar-refractivity contribution in [2.45, 2.75) is 19.3 Å². The zero-order valence-electron chi connectivity index (χ0n) is 14.4. The molecule has 5 nitrogen and oxygen atoms in total. The fourth-order valence-corrected chi connectivity index (χ4v) is 2.07. The number of ether oxygens (including phenoxy) is 1. The summed E-state index contributed by atoms with van der Waals surface area (Å²) in [5.41, 5.74) is 1.17. The maximum atomic E-state index is 13.2. The summed E-state index contributed by atoms with van der Waals surface area (Å²) in [4.78, 5) is 7.84. The number of nitrogens with one attached hydrogen (secondary N) is 2. The van der Waals surface area contributed by atoms with E-state index in [-0.39, 0.29) is 42.2 Å². The van der Waals surface area contributed by atoms with E-state index in [1.165, 1.54) is 18.3 Å². The number of guanidine groups is 1. The van der Waals surface area contributed by atoms with Gasteiger partial charge in [0, 0.05) is 31.9 Å². The Balaban J connectivity index is 0.00000364. The van der Waals surface area contributed by atoms with Crippen LogP contribution in [0.25, 0.3) is 0 Å². The molecule has 1 heterocycles. The summed E-state index contributed by atoms with van der Waals surface area (Å²) in [6.45, 7) is -0.921. The van der Waals surface area contributed by atoms with Crippen molar-refractivity contribution in [1.29, 1.82) is 0 Å². The molecule has 27 heavy (non-hydrogen) atoms. The maximum absolute atomic E-state index is 13.2. The second kappa shape index (κ2) is 10.9. The highest BCUT2D eigenvalue weighted by Crippen LogP contribution is 2.19. The summed E-state index contributed by atoms with van der Waals surface area (Å²) in [6.07, 6.45) is -3.09. The predicted octanol–water partition coefficient (Wildman–Crippen LogP) is 3.65. The first-order valence-corrected chi connectivity index (χ1v) is 7.70. The molecule has 0 saturated heterocycles. The molecule has 1 aromatic heterocycles. The van der Waals surface area contributed by atoms with Crippen LogP contribution in [0.4, 0.5) is 17.6 Å². The van der Waals surface area contributed by atoms with Crippen LogP contribution < -0.4 is 15.4 Å². The Bertz CT molecular complexity index is 756. The first-order chi connectivity index (χ1) is 12.4. The molecule has 2 rings (SSSR count). The van der Waals surface area contributed by atoms with E-state index in [0.29, 0.717) is 18.1 Å². The van der Waals surface area contributed by atoms with Crippen molar-refractivity contribution in [2.24, 2.45) is 4.99 Å². The van der Waals surface area contributed by atoms with Gasteiger partial charge in [0.15, 0.2) is 12.6 Å². The maximum Gasteiger partial charge on any atom is 0.422 e. The molecule has 0 spiro atoms. The van der Waals surface area contributed by atoms with Gasteiger partial charge in [0.25, 0.3) is 0 Å². The second-order valence-electron chi connectivity index (χ2n) is 5.28. The summed E-state index contributed by atoms with van der Waals surface area (Å²) in [5, 5.41) is 5.94. The zero-order valence-corrected chi connectivity index (χ0v) is 16.7. The topological polar surface area (TPSA) is 58.5 Å². The first-order valence-electron chi connectivity index (χ1n) is 7.70. The molecule has 0 atom stereocenters. The number of rotatable bonds is 6. The Hall–Kier alpha value is -2.11. The molecule has 148 valence electrons. The number of hydrogen-bond donors (Lipinski definition) is 2. The Morgan fingerprint density at radius 2 is 1.89 bits per heavy atom. The summed E-state index contributed by atoms with van der Waals surface area (Å²) < 4.78 is 54.8. The van der Waals surface area contributed by atoms with Gasteiger partial charge in [-0.1, -0.05) is 18.2 Å². The lowest BCUT2D eigenvalue weighted by Crippen LogP contribution is -2.36. The van der Waals surface area contributed by atoms with E-state index in [4.69, 9.17) is 4.74 Å². The number of benzene rings is 1. The molecular formula is C17H19F4IN4O. The molecule has 0 fully saturated rings. The average Bonchev–Trinajstić information content (AvgIpc) is 2.60. The largest absolute Gasteiger partial charge is 0.468 e. The fourth-order valence-electron chi connectivity index (χ4n) is 2.07. The van der Waals surface area contributed by atoms with Gasteiger partial charge >= 0.3 is 6.18 Å². The van der Waals surface area contributed by atoms with Crippen LogP contribution in [-0.4, -0.2) is 30.8 Å². The minimum Gasteiger partial charge on any atom is -0.468 e. The van der Waals surface area contributed by atoms with Crippen molar-refractivity contribution >= 4 is 29.9 Å². The molecule has 0 saturated carbocycles. The molecule has 0 aliphatic heterocycles. The van der Waals surface area contributed by atoms with Crippen LogP contribution in [0.3, 0.4) is 0 Å². The van der Waals surface area contributed by atoms with E-state index in [9.17, 15) is 17.6 Å². The molecule has 10 heteroatoms. The molecule has 0 bridgehead atoms. The predicted molar refractivity (Wildman–Crippen MR) is 105 cm³/mol. The summed E-state index contributed by atoms with van der Waals surface area (Å²) >= 11 is 0. The number of aliphatic imine (C=N–C) groups is 1. The van der Waals surface area contributed by atoms with Crippen molar-refractivity contribution in [3.05, 3.63) is 59.5 Å². The highest BCUT2D eigenvalue weighted by atomic mass is 127. The van der Waals surface area contributed by atoms with E-state index in [0.717, 1.165) is 5.56 Å². The van der Waals surface area contributed by atoms with Gasteiger partial charge in [0.2, 0.25) is 5.88 Å². The third-order valence-corrected chi connectivity index (χ3v) is 3.24. The number of halogens is 5. The quantitative estimate of drug-likeness (QED) is 0.277. The van der Waals surface area contributed by atoms with Gasteiger partial charge in [0.1, 0.15) is 5.82 Å². The Labute approximate surface area is 171 Å². The Kier molecular flexibility index (Phi) is 9.26. The smallest absolute Gasteiger partial charge is 0.422 e. The fraction of sp³-hybridized carbons (Fsp3) is 0.294. The lowest BCUT2D eigenvalue weighted by atomic mass is 10.2. The molecule has 0 aliphatic carbocycles. The Morgan fingerprint density at radius 1 is 1.15 bits per heavy atom. The van der Waals surface area contributed by atoms with Crippen LogP contribution in [0.2, 0.25) is 0 Å². The lowest BCUT2D eigenvalue weighted by Gasteiger charge is -2.15. The van der Waals surface area contributed by atoms with Gasteiger partial charge in [-0.05, 0) is 23.8 Å². The number of alkyl halides is 3. The Morgan fingerprint density at radius 3 is 2.56 bits per heavy atom. The van der Waals surface area contributed by atoms with Crippen LogP contribution in [0.5, 0.6) is 5.88 Å². The average molecular weight is 498 g/mol. The summed E-state index contributed by atoms with van der Waals surface area (Å²) in [6, 6.07) is 9.30. The highest BCUT2D eigenvalue weighted by Gasteiger charge is 2.29. The van der Waals surface area contributed by atoms with Gasteiger partial charge in [-0.2, -0.15) is 13.2 Å². The molecule has 0 unspecified atom stereocenters. The SMILES string of the molecule is CN=C(NCc1cccc(F)c1)NCc1cccnc1OCC(F)(F)F.I. The summed E-state index contributed by atoms with van der Waals surface area (Å²) in [5.74, 6) is -0.0353. The monoisotopic (exact) mass is 498 g/mol. The molecule has 0 aliphatic rings. The lowest BCUT2D eigenvalue weighted by molar-refractivity contribution is -0.154. The van der Waals surface area contributed by atoms with Crippen LogP contribution in [-0.2, 0) is 13.1 Å². The molecule has 2 N–H and O–H groups in total. The molecule has 2 aromatic rings. The third kappa shape index (κ3) is 8.41. The third-order valence-electron chi connectivity index (χ3n) is 3.24. The minimum absolute atomic E-state index is 0. The van der Waals surface area contributed by atoms with Crippen LogP contribution in [0, 0.1) is 5.82 Å². The number of hydrogen-bond acceptors (Lipinski definition) is 3. The van der Waals surface area contributed by atoms with Gasteiger partial charge in [-0.3, -0.25) is 4.99 Å². The van der Waals surface area contributed by atoms with E-state index in [1.807, 2.05) is 0 Å². The van der Waals surface area contributed by atoms with E-state index >= 15 is 0 Å². The van der Waals surface area contributed by atoms with Gasteiger partial charge in [-0.15, -0.1) is 24.0 Å².